The average Bonchev–Trinajstić information content (AvgIpc) is 2.80. The fraction of sp³-hybridized carbons (Fsp3) is 0.200. The number of benzene rings is 2. The maximum Gasteiger partial charge on any atom is 0.251 e. The predicted molar refractivity (Wildman–Crippen MR) is 127 cm³/mol. The molecule has 7 nitrogen and oxygen atoms in total. The second-order valence-electron chi connectivity index (χ2n) is 8.21. The lowest BCUT2D eigenvalue weighted by Gasteiger charge is -2.34. The molecule has 3 aromatic rings. The summed E-state index contributed by atoms with van der Waals surface area (Å²) in [5.41, 5.74) is 4.78. The minimum absolute atomic E-state index is 0.0383. The summed E-state index contributed by atoms with van der Waals surface area (Å²) in [6.45, 7) is 0.276. The summed E-state index contributed by atoms with van der Waals surface area (Å²) in [4.78, 5) is 44.4. The molecule has 2 aliphatic rings. The van der Waals surface area contributed by atoms with Crippen LogP contribution in [0.4, 0.5) is 17.1 Å². The summed E-state index contributed by atoms with van der Waals surface area (Å²) < 4.78 is 0. The highest BCUT2D eigenvalue weighted by atomic mass is 35.5. The number of nitrogens with one attached hydrogen (secondary N) is 1. The van der Waals surface area contributed by atoms with Crippen LogP contribution in [0, 0.1) is 0 Å². The number of likely N-dealkylation sites (N-methyl/N-ethyl adjacent to an activating group) is 1. The Kier molecular flexibility index (Phi) is 5.34. The van der Waals surface area contributed by atoms with E-state index in [1.165, 1.54) is 0 Å². The van der Waals surface area contributed by atoms with Crippen LogP contribution in [0.3, 0.4) is 0 Å². The molecular formula is C25H21ClN4O3. The molecule has 1 saturated heterocycles. The monoisotopic (exact) mass is 460 g/mol. The first kappa shape index (κ1) is 21.2. The predicted octanol–water partition coefficient (Wildman–Crippen LogP) is 4.04. The fourth-order valence-electron chi connectivity index (χ4n) is 4.47. The minimum atomic E-state index is -0.457. The van der Waals surface area contributed by atoms with Crippen molar-refractivity contribution in [2.24, 2.45) is 0 Å². The summed E-state index contributed by atoms with van der Waals surface area (Å²) in [6, 6.07) is 15.1. The normalized spacial score (nSPS) is 18.2. The van der Waals surface area contributed by atoms with Gasteiger partial charge in [0.1, 0.15) is 0 Å². The number of hydrogen-bond donors (Lipinski definition) is 1. The summed E-state index contributed by atoms with van der Waals surface area (Å²) in [7, 11) is 1.88. The number of piperidine rings is 1. The minimum Gasteiger partial charge on any atom is -0.363 e. The zero-order valence-electron chi connectivity index (χ0n) is 17.9. The molecule has 1 fully saturated rings. The number of carbonyl (C=O) groups is 3. The van der Waals surface area contributed by atoms with E-state index < -0.39 is 5.92 Å². The number of fused-ring (bicyclic) bond motifs is 1. The van der Waals surface area contributed by atoms with Gasteiger partial charge in [0.2, 0.25) is 11.8 Å². The van der Waals surface area contributed by atoms with Crippen molar-refractivity contribution in [2.75, 3.05) is 23.4 Å². The van der Waals surface area contributed by atoms with Gasteiger partial charge in [0, 0.05) is 30.9 Å². The lowest BCUT2D eigenvalue weighted by molar-refractivity contribution is -0.134. The molecule has 1 N–H and O–H groups in total. The Labute approximate surface area is 196 Å². The zero-order chi connectivity index (χ0) is 23.1. The molecular weight excluding hydrogens is 440 g/mol. The number of halogens is 1. The highest BCUT2D eigenvalue weighted by Crippen LogP contribution is 2.40. The Balaban J connectivity index is 1.48. The highest BCUT2D eigenvalue weighted by Gasteiger charge is 2.31. The van der Waals surface area contributed by atoms with E-state index in [1.807, 2.05) is 60.5 Å². The van der Waals surface area contributed by atoms with E-state index in [0.29, 0.717) is 23.4 Å². The van der Waals surface area contributed by atoms with Crippen molar-refractivity contribution in [3.63, 3.8) is 0 Å². The molecule has 1 atom stereocenters. The second-order valence-corrected chi connectivity index (χ2v) is 8.59. The van der Waals surface area contributed by atoms with E-state index in [0.717, 1.165) is 28.2 Å². The first-order valence-electron chi connectivity index (χ1n) is 10.6. The number of rotatable bonds is 3. The highest BCUT2D eigenvalue weighted by molar-refractivity contribution is 6.34. The third-order valence-electron chi connectivity index (χ3n) is 6.13. The maximum atomic E-state index is 12.8. The van der Waals surface area contributed by atoms with Gasteiger partial charge in [-0.1, -0.05) is 41.9 Å². The summed E-state index contributed by atoms with van der Waals surface area (Å²) >= 11 is 6.73. The van der Waals surface area contributed by atoms with E-state index >= 15 is 0 Å². The molecule has 1 aromatic heterocycles. The first-order chi connectivity index (χ1) is 15.9. The van der Waals surface area contributed by atoms with Crippen LogP contribution in [-0.2, 0) is 14.4 Å². The van der Waals surface area contributed by atoms with Gasteiger partial charge in [-0.05, 0) is 35.7 Å². The Morgan fingerprint density at radius 1 is 1.03 bits per heavy atom. The molecule has 166 valence electrons. The lowest BCUT2D eigenvalue weighted by Crippen LogP contribution is -2.41. The third-order valence-corrected chi connectivity index (χ3v) is 6.55. The second kappa shape index (κ2) is 8.33. The van der Waals surface area contributed by atoms with Crippen LogP contribution in [0.2, 0.25) is 5.02 Å². The molecule has 0 aliphatic carbocycles. The third kappa shape index (κ3) is 3.74. The zero-order valence-corrected chi connectivity index (χ0v) is 18.7. The smallest absolute Gasteiger partial charge is 0.251 e. The number of nitrogens with zero attached hydrogens (tertiary/aromatic N) is 3. The van der Waals surface area contributed by atoms with Crippen LogP contribution >= 0.6 is 11.6 Å². The molecule has 8 heteroatoms. The van der Waals surface area contributed by atoms with Crippen LogP contribution in [0.25, 0.3) is 11.1 Å². The summed E-state index contributed by atoms with van der Waals surface area (Å²) in [6.07, 6.45) is 4.13. The van der Waals surface area contributed by atoms with Gasteiger partial charge in [-0.15, -0.1) is 0 Å². The van der Waals surface area contributed by atoms with E-state index in [-0.39, 0.29) is 24.3 Å². The van der Waals surface area contributed by atoms with Crippen molar-refractivity contribution >= 4 is 46.4 Å². The first-order valence-corrected chi connectivity index (χ1v) is 11.0. The van der Waals surface area contributed by atoms with Crippen molar-refractivity contribution in [1.82, 2.24) is 10.3 Å². The van der Waals surface area contributed by atoms with Crippen LogP contribution in [0.15, 0.2) is 60.9 Å². The molecule has 0 unspecified atom stereocenters. The Morgan fingerprint density at radius 2 is 1.82 bits per heavy atom. The number of amides is 3. The van der Waals surface area contributed by atoms with Gasteiger partial charge in [-0.3, -0.25) is 29.6 Å². The van der Waals surface area contributed by atoms with Gasteiger partial charge >= 0.3 is 0 Å². The summed E-state index contributed by atoms with van der Waals surface area (Å²) in [5.74, 6) is -1.07. The SMILES string of the molecule is CN1CC(=O)N(c2ccc(-c3cccc([C@H]4CCC(=O)NC4=O)c3Cl)cc2)c2cnccc21. The Hall–Kier alpha value is -3.71. The van der Waals surface area contributed by atoms with E-state index in [9.17, 15) is 14.4 Å². The molecule has 3 amide bonds. The molecule has 5 rings (SSSR count). The average molecular weight is 461 g/mol. The van der Waals surface area contributed by atoms with Crippen LogP contribution < -0.4 is 15.1 Å². The Bertz CT molecular complexity index is 1270. The van der Waals surface area contributed by atoms with Crippen LogP contribution in [0.1, 0.15) is 24.3 Å². The molecule has 2 aromatic carbocycles. The Morgan fingerprint density at radius 3 is 2.58 bits per heavy atom. The maximum absolute atomic E-state index is 12.8. The number of imide groups is 1. The van der Waals surface area contributed by atoms with Crippen molar-refractivity contribution in [3.8, 4) is 11.1 Å². The summed E-state index contributed by atoms with van der Waals surface area (Å²) in [5, 5.41) is 2.88. The van der Waals surface area contributed by atoms with E-state index in [1.54, 1.807) is 17.3 Å². The number of anilines is 3. The molecule has 0 spiro atoms. The van der Waals surface area contributed by atoms with Gasteiger partial charge in [0.15, 0.2) is 0 Å². The van der Waals surface area contributed by atoms with Crippen molar-refractivity contribution in [3.05, 3.63) is 71.5 Å². The van der Waals surface area contributed by atoms with Crippen molar-refractivity contribution in [2.45, 2.75) is 18.8 Å². The van der Waals surface area contributed by atoms with Gasteiger partial charge in [0.25, 0.3) is 5.91 Å². The quantitative estimate of drug-likeness (QED) is 0.596. The van der Waals surface area contributed by atoms with Crippen LogP contribution in [-0.4, -0.2) is 36.3 Å². The van der Waals surface area contributed by atoms with E-state index in [2.05, 4.69) is 10.3 Å². The number of hydrogen-bond acceptors (Lipinski definition) is 5. The van der Waals surface area contributed by atoms with Gasteiger partial charge in [-0.2, -0.15) is 0 Å². The lowest BCUT2D eigenvalue weighted by atomic mass is 9.88. The number of aromatic nitrogens is 1. The van der Waals surface area contributed by atoms with E-state index in [4.69, 9.17) is 11.6 Å². The van der Waals surface area contributed by atoms with Crippen molar-refractivity contribution < 1.29 is 14.4 Å². The molecule has 0 saturated carbocycles. The largest absolute Gasteiger partial charge is 0.363 e. The van der Waals surface area contributed by atoms with Crippen molar-refractivity contribution in [1.29, 1.82) is 0 Å². The van der Waals surface area contributed by atoms with Gasteiger partial charge in [0.05, 0.1) is 35.1 Å². The molecule has 0 bridgehead atoms. The number of pyridine rings is 1. The topological polar surface area (TPSA) is 82.6 Å². The van der Waals surface area contributed by atoms with Crippen LogP contribution in [0.5, 0.6) is 0 Å². The number of carbonyl (C=O) groups excluding carboxylic acids is 3. The van der Waals surface area contributed by atoms with Gasteiger partial charge in [-0.25, -0.2) is 0 Å². The molecule has 0 radical (unpaired) electrons. The molecule has 33 heavy (non-hydrogen) atoms. The molecule has 3 heterocycles. The fourth-order valence-corrected chi connectivity index (χ4v) is 4.84. The standard InChI is InChI=1S/C25H21ClN4O3/c1-29-14-23(32)30(21-13-27-12-11-20(21)29)16-7-5-15(6-8-16)17-3-2-4-18(24(17)26)19-9-10-22(31)28-25(19)33/h2-8,11-13,19H,9-10,14H2,1H3,(H,28,31,33)/t19-/m1/s1. The molecule has 2 aliphatic heterocycles. The van der Waals surface area contributed by atoms with Gasteiger partial charge < -0.3 is 4.90 Å².